The molecule has 18 heavy (non-hydrogen) atoms. The number of carbonyl (C=O) groups excluding carboxylic acids is 2. The van der Waals surface area contributed by atoms with Crippen molar-refractivity contribution in [3.8, 4) is 0 Å². The summed E-state index contributed by atoms with van der Waals surface area (Å²) in [6, 6.07) is -0.185. The second-order valence-corrected chi connectivity index (χ2v) is 4.62. The average molecular weight is 257 g/mol. The van der Waals surface area contributed by atoms with Gasteiger partial charge in [0, 0.05) is 19.6 Å². The Morgan fingerprint density at radius 1 is 1.39 bits per heavy atom. The van der Waals surface area contributed by atoms with Gasteiger partial charge in [0.25, 0.3) is 0 Å². The van der Waals surface area contributed by atoms with Gasteiger partial charge in [-0.2, -0.15) is 0 Å². The fourth-order valence-corrected chi connectivity index (χ4v) is 1.25. The van der Waals surface area contributed by atoms with Crippen LogP contribution in [0.4, 0.5) is 4.79 Å². The first-order valence-electron chi connectivity index (χ1n) is 5.91. The lowest BCUT2D eigenvalue weighted by Crippen LogP contribution is -2.45. The van der Waals surface area contributed by atoms with Crippen molar-refractivity contribution in [1.82, 2.24) is 15.5 Å². The summed E-state index contributed by atoms with van der Waals surface area (Å²) in [5.41, 5.74) is 0. The van der Waals surface area contributed by atoms with Crippen molar-refractivity contribution in [2.45, 2.75) is 25.8 Å². The lowest BCUT2D eigenvalue weighted by Gasteiger charge is -2.18. The molecule has 0 saturated heterocycles. The first kappa shape index (κ1) is 14.3. The Bertz CT molecular complexity index is 341. The van der Waals surface area contributed by atoms with Crippen LogP contribution < -0.4 is 10.6 Å². The molecule has 0 aromatic rings. The first-order chi connectivity index (χ1) is 8.40. The Morgan fingerprint density at radius 2 is 2.00 bits per heavy atom. The van der Waals surface area contributed by atoms with Crippen molar-refractivity contribution >= 4 is 17.9 Å². The van der Waals surface area contributed by atoms with Crippen LogP contribution in [0.15, 0.2) is 0 Å². The van der Waals surface area contributed by atoms with E-state index in [2.05, 4.69) is 10.6 Å². The average Bonchev–Trinajstić information content (AvgIpc) is 3.08. The number of carboxylic acid groups (broad SMARTS) is 1. The van der Waals surface area contributed by atoms with E-state index >= 15 is 0 Å². The number of carboxylic acids is 1. The molecule has 102 valence electrons. The monoisotopic (exact) mass is 257 g/mol. The molecule has 1 aliphatic carbocycles. The normalized spacial score (nSPS) is 15.7. The summed E-state index contributed by atoms with van der Waals surface area (Å²) in [6.07, 6.45) is 2.00. The second kappa shape index (κ2) is 6.23. The van der Waals surface area contributed by atoms with Gasteiger partial charge >= 0.3 is 12.0 Å². The third-order valence-corrected chi connectivity index (χ3v) is 2.65. The predicted octanol–water partition coefficient (Wildman–Crippen LogP) is -0.373. The Balaban J connectivity index is 2.22. The summed E-state index contributed by atoms with van der Waals surface area (Å²) in [5.74, 6) is -1.81. The highest BCUT2D eigenvalue weighted by Gasteiger charge is 2.24. The van der Waals surface area contributed by atoms with Gasteiger partial charge in [0.05, 0.1) is 5.92 Å². The number of aliphatic carboxylic acids is 1. The molecule has 0 aromatic heterocycles. The number of amides is 3. The second-order valence-electron chi connectivity index (χ2n) is 4.62. The van der Waals surface area contributed by atoms with E-state index in [0.717, 1.165) is 12.8 Å². The van der Waals surface area contributed by atoms with Crippen molar-refractivity contribution in [2.24, 2.45) is 5.92 Å². The van der Waals surface area contributed by atoms with E-state index < -0.39 is 17.9 Å². The standard InChI is InChI=1S/C11H19N3O4/c1-7(10(16)17)5-12-11(18)14(2)6-9(15)13-8-3-4-8/h7-8H,3-6H2,1-2H3,(H,12,18)(H,13,15)(H,16,17). The van der Waals surface area contributed by atoms with Crippen molar-refractivity contribution in [2.75, 3.05) is 20.1 Å². The molecule has 3 N–H and O–H groups in total. The van der Waals surface area contributed by atoms with E-state index in [1.165, 1.54) is 18.9 Å². The maximum Gasteiger partial charge on any atom is 0.317 e. The fraction of sp³-hybridized carbons (Fsp3) is 0.727. The molecule has 0 bridgehead atoms. The molecule has 1 fully saturated rings. The fourth-order valence-electron chi connectivity index (χ4n) is 1.25. The molecule has 1 saturated carbocycles. The molecule has 0 radical (unpaired) electrons. The highest BCUT2D eigenvalue weighted by molar-refractivity contribution is 5.84. The van der Waals surface area contributed by atoms with Crippen LogP contribution in [0.1, 0.15) is 19.8 Å². The summed E-state index contributed by atoms with van der Waals surface area (Å²) in [4.78, 5) is 34.8. The minimum atomic E-state index is -0.968. The Hall–Kier alpha value is -1.79. The van der Waals surface area contributed by atoms with Crippen LogP contribution in [0.25, 0.3) is 0 Å². The highest BCUT2D eigenvalue weighted by atomic mass is 16.4. The first-order valence-corrected chi connectivity index (χ1v) is 5.91. The molecule has 1 atom stereocenters. The van der Waals surface area contributed by atoms with Crippen molar-refractivity contribution in [3.05, 3.63) is 0 Å². The lowest BCUT2D eigenvalue weighted by molar-refractivity contribution is -0.140. The van der Waals surface area contributed by atoms with Crippen LogP contribution in [0.5, 0.6) is 0 Å². The van der Waals surface area contributed by atoms with Gasteiger partial charge in [0.15, 0.2) is 0 Å². The molecule has 0 heterocycles. The van der Waals surface area contributed by atoms with Gasteiger partial charge in [-0.05, 0) is 12.8 Å². The zero-order valence-electron chi connectivity index (χ0n) is 10.6. The molecule has 0 aliphatic heterocycles. The van der Waals surface area contributed by atoms with E-state index in [9.17, 15) is 14.4 Å². The number of likely N-dealkylation sites (N-methyl/N-ethyl adjacent to an activating group) is 1. The summed E-state index contributed by atoms with van der Waals surface area (Å²) in [5, 5.41) is 13.9. The lowest BCUT2D eigenvalue weighted by atomic mass is 10.2. The van der Waals surface area contributed by atoms with E-state index in [1.54, 1.807) is 0 Å². The van der Waals surface area contributed by atoms with Crippen LogP contribution in [0.2, 0.25) is 0 Å². The molecule has 1 aliphatic rings. The molecule has 7 nitrogen and oxygen atoms in total. The minimum Gasteiger partial charge on any atom is -0.481 e. The number of hydrogen-bond acceptors (Lipinski definition) is 3. The van der Waals surface area contributed by atoms with Crippen molar-refractivity contribution in [1.29, 1.82) is 0 Å². The van der Waals surface area contributed by atoms with Crippen molar-refractivity contribution < 1.29 is 19.5 Å². The van der Waals surface area contributed by atoms with E-state index in [0.29, 0.717) is 0 Å². The maximum atomic E-state index is 11.5. The van der Waals surface area contributed by atoms with E-state index in [1.807, 2.05) is 0 Å². The van der Waals surface area contributed by atoms with Gasteiger partial charge in [0.2, 0.25) is 5.91 Å². The van der Waals surface area contributed by atoms with Gasteiger partial charge in [0.1, 0.15) is 6.54 Å². The molecule has 1 rings (SSSR count). The van der Waals surface area contributed by atoms with Gasteiger partial charge in [-0.1, -0.05) is 6.92 Å². The highest BCUT2D eigenvalue weighted by Crippen LogP contribution is 2.18. The number of nitrogens with zero attached hydrogens (tertiary/aromatic N) is 1. The predicted molar refractivity (Wildman–Crippen MR) is 64.0 cm³/mol. The third kappa shape index (κ3) is 5.03. The van der Waals surface area contributed by atoms with Crippen LogP contribution in [0.3, 0.4) is 0 Å². The smallest absolute Gasteiger partial charge is 0.317 e. The molecule has 0 spiro atoms. The summed E-state index contributed by atoms with van der Waals surface area (Å²) >= 11 is 0. The Kier molecular flexibility index (Phi) is 4.94. The Labute approximate surface area is 106 Å². The molecule has 0 aromatic carbocycles. The van der Waals surface area contributed by atoms with Crippen LogP contribution >= 0.6 is 0 Å². The molecular weight excluding hydrogens is 238 g/mol. The van der Waals surface area contributed by atoms with Gasteiger partial charge in [-0.25, -0.2) is 4.79 Å². The van der Waals surface area contributed by atoms with E-state index in [-0.39, 0.29) is 25.0 Å². The van der Waals surface area contributed by atoms with Crippen LogP contribution in [-0.4, -0.2) is 54.1 Å². The topological polar surface area (TPSA) is 98.7 Å². The number of urea groups is 1. The van der Waals surface area contributed by atoms with Crippen molar-refractivity contribution in [3.63, 3.8) is 0 Å². The zero-order valence-corrected chi connectivity index (χ0v) is 10.6. The number of rotatable bonds is 6. The largest absolute Gasteiger partial charge is 0.481 e. The minimum absolute atomic E-state index is 0.0240. The summed E-state index contributed by atoms with van der Waals surface area (Å²) in [6.45, 7) is 1.52. The zero-order chi connectivity index (χ0) is 13.7. The van der Waals surface area contributed by atoms with Crippen LogP contribution in [0, 0.1) is 5.92 Å². The molecule has 3 amide bonds. The maximum absolute atomic E-state index is 11.5. The molecule has 7 heteroatoms. The van der Waals surface area contributed by atoms with Gasteiger partial charge in [-0.15, -0.1) is 0 Å². The number of hydrogen-bond donors (Lipinski definition) is 3. The van der Waals surface area contributed by atoms with Gasteiger partial charge < -0.3 is 20.6 Å². The summed E-state index contributed by atoms with van der Waals surface area (Å²) in [7, 11) is 1.49. The number of nitrogens with one attached hydrogen (secondary N) is 2. The molecular formula is C11H19N3O4. The molecule has 1 unspecified atom stereocenters. The number of carbonyl (C=O) groups is 3. The third-order valence-electron chi connectivity index (χ3n) is 2.65. The van der Waals surface area contributed by atoms with Crippen LogP contribution in [-0.2, 0) is 9.59 Å². The van der Waals surface area contributed by atoms with E-state index in [4.69, 9.17) is 5.11 Å². The quantitative estimate of drug-likeness (QED) is 0.604. The SMILES string of the molecule is CC(CNC(=O)N(C)CC(=O)NC1CC1)C(=O)O. The van der Waals surface area contributed by atoms with Gasteiger partial charge in [-0.3, -0.25) is 9.59 Å². The Morgan fingerprint density at radius 3 is 2.50 bits per heavy atom. The summed E-state index contributed by atoms with van der Waals surface area (Å²) < 4.78 is 0.